The highest BCUT2D eigenvalue weighted by Crippen LogP contribution is 2.34. The molecule has 0 spiro atoms. The molecule has 9 nitrogen and oxygen atoms in total. The van der Waals surface area contributed by atoms with Crippen LogP contribution in [0.25, 0.3) is 0 Å². The number of methoxy groups -OCH3 is 2. The standard InChI is InChI=1S/C36H41N3O6S/c1-26(2)37-36(41)32(22-28-15-8-6-9-16-28)38(24-29-17-13-12-14-27(29)3)35(40)25-39(46(42,43)31-18-10-7-11-19-31)30-20-21-33(44-4)34(23-30)45-5/h6-21,23,26,32H,22,24-25H2,1-5H3,(H,37,41)/t32-/m1/s1. The van der Waals surface area contributed by atoms with Crippen LogP contribution in [0.3, 0.4) is 0 Å². The third-order valence-corrected chi connectivity index (χ3v) is 9.36. The van der Waals surface area contributed by atoms with E-state index in [1.165, 1.54) is 37.3 Å². The van der Waals surface area contributed by atoms with Gasteiger partial charge in [0.05, 0.1) is 24.8 Å². The lowest BCUT2D eigenvalue weighted by Crippen LogP contribution is -2.54. The molecule has 2 amide bonds. The van der Waals surface area contributed by atoms with Gasteiger partial charge in [0.2, 0.25) is 11.8 Å². The Kier molecular flexibility index (Phi) is 11.4. The lowest BCUT2D eigenvalue weighted by atomic mass is 10.0. The molecule has 4 aromatic rings. The van der Waals surface area contributed by atoms with Gasteiger partial charge >= 0.3 is 0 Å². The molecule has 0 fully saturated rings. The van der Waals surface area contributed by atoms with E-state index in [9.17, 15) is 18.0 Å². The number of benzene rings is 4. The molecule has 0 unspecified atom stereocenters. The van der Waals surface area contributed by atoms with Gasteiger partial charge in [-0.25, -0.2) is 8.42 Å². The summed E-state index contributed by atoms with van der Waals surface area (Å²) in [5.74, 6) is -0.165. The summed E-state index contributed by atoms with van der Waals surface area (Å²) in [4.78, 5) is 29.9. The molecule has 0 aliphatic rings. The maximum absolute atomic E-state index is 14.6. The number of aryl methyl sites for hydroxylation is 1. The van der Waals surface area contributed by atoms with E-state index in [1.807, 2.05) is 75.4 Å². The number of amides is 2. The van der Waals surface area contributed by atoms with Gasteiger partial charge in [0.15, 0.2) is 11.5 Å². The first kappa shape index (κ1) is 34.1. The second-order valence-corrected chi connectivity index (χ2v) is 13.0. The summed E-state index contributed by atoms with van der Waals surface area (Å²) in [5.41, 5.74) is 2.85. The Morgan fingerprint density at radius 2 is 1.41 bits per heavy atom. The van der Waals surface area contributed by atoms with Gasteiger partial charge in [-0.1, -0.05) is 72.8 Å². The van der Waals surface area contributed by atoms with E-state index < -0.39 is 28.5 Å². The SMILES string of the molecule is COc1ccc(N(CC(=O)N(Cc2ccccc2C)[C@H](Cc2ccccc2)C(=O)NC(C)C)S(=O)(=O)c2ccccc2)cc1OC. The van der Waals surface area contributed by atoms with Crippen molar-refractivity contribution in [3.05, 3.63) is 120 Å². The van der Waals surface area contributed by atoms with Crippen molar-refractivity contribution in [2.24, 2.45) is 0 Å². The Hall–Kier alpha value is -4.83. The zero-order valence-corrected chi connectivity index (χ0v) is 27.7. The number of nitrogens with one attached hydrogen (secondary N) is 1. The number of anilines is 1. The van der Waals surface area contributed by atoms with E-state index in [0.717, 1.165) is 21.0 Å². The molecular formula is C36H41N3O6S. The van der Waals surface area contributed by atoms with Crippen LogP contribution in [0.4, 0.5) is 5.69 Å². The van der Waals surface area contributed by atoms with Gasteiger partial charge in [0.25, 0.3) is 10.0 Å². The van der Waals surface area contributed by atoms with Crippen molar-refractivity contribution in [1.82, 2.24) is 10.2 Å². The van der Waals surface area contributed by atoms with Crippen molar-refractivity contribution in [3.63, 3.8) is 0 Å². The smallest absolute Gasteiger partial charge is 0.264 e. The molecule has 0 saturated heterocycles. The van der Waals surface area contributed by atoms with Crippen LogP contribution in [-0.2, 0) is 32.6 Å². The fourth-order valence-electron chi connectivity index (χ4n) is 5.13. The minimum atomic E-state index is -4.24. The second-order valence-electron chi connectivity index (χ2n) is 11.2. The van der Waals surface area contributed by atoms with Gasteiger partial charge in [-0.2, -0.15) is 0 Å². The van der Waals surface area contributed by atoms with Gasteiger partial charge in [0, 0.05) is 25.1 Å². The molecule has 4 rings (SSSR count). The molecule has 0 aliphatic carbocycles. The van der Waals surface area contributed by atoms with Crippen molar-refractivity contribution in [1.29, 1.82) is 0 Å². The molecular weight excluding hydrogens is 602 g/mol. The molecule has 0 aliphatic heterocycles. The lowest BCUT2D eigenvalue weighted by molar-refractivity contribution is -0.140. The van der Waals surface area contributed by atoms with Crippen LogP contribution < -0.4 is 19.1 Å². The van der Waals surface area contributed by atoms with E-state index in [4.69, 9.17) is 9.47 Å². The van der Waals surface area contributed by atoms with Crippen molar-refractivity contribution >= 4 is 27.5 Å². The zero-order chi connectivity index (χ0) is 33.3. The summed E-state index contributed by atoms with van der Waals surface area (Å²) in [5, 5.41) is 2.97. The zero-order valence-electron chi connectivity index (χ0n) is 26.8. The summed E-state index contributed by atoms with van der Waals surface area (Å²) in [6.45, 7) is 5.18. The molecule has 0 aromatic heterocycles. The van der Waals surface area contributed by atoms with Crippen LogP contribution in [0.2, 0.25) is 0 Å². The summed E-state index contributed by atoms with van der Waals surface area (Å²) in [6, 6.07) is 28.6. The van der Waals surface area contributed by atoms with Gasteiger partial charge < -0.3 is 19.7 Å². The summed E-state index contributed by atoms with van der Waals surface area (Å²) in [6.07, 6.45) is 0.235. The quantitative estimate of drug-likeness (QED) is 0.198. The number of carbonyl (C=O) groups is 2. The van der Waals surface area contributed by atoms with Crippen molar-refractivity contribution < 1.29 is 27.5 Å². The molecule has 0 heterocycles. The van der Waals surface area contributed by atoms with Crippen molar-refractivity contribution in [3.8, 4) is 11.5 Å². The number of hydrogen-bond donors (Lipinski definition) is 1. The number of carbonyl (C=O) groups excluding carboxylic acids is 2. The largest absolute Gasteiger partial charge is 0.493 e. The first-order valence-corrected chi connectivity index (χ1v) is 16.5. The van der Waals surface area contributed by atoms with Crippen molar-refractivity contribution in [2.45, 2.75) is 50.7 Å². The molecule has 0 radical (unpaired) electrons. The average Bonchev–Trinajstić information content (AvgIpc) is 3.06. The number of rotatable bonds is 14. The number of sulfonamides is 1. The fourth-order valence-corrected chi connectivity index (χ4v) is 6.56. The fraction of sp³-hybridized carbons (Fsp3) is 0.278. The number of ether oxygens (including phenoxy) is 2. The molecule has 46 heavy (non-hydrogen) atoms. The molecule has 1 atom stereocenters. The average molecular weight is 644 g/mol. The maximum Gasteiger partial charge on any atom is 0.264 e. The highest BCUT2D eigenvalue weighted by molar-refractivity contribution is 7.92. The first-order valence-electron chi connectivity index (χ1n) is 15.0. The second kappa shape index (κ2) is 15.4. The monoisotopic (exact) mass is 643 g/mol. The molecule has 0 saturated carbocycles. The van der Waals surface area contributed by atoms with Gasteiger partial charge in [-0.3, -0.25) is 13.9 Å². The number of hydrogen-bond acceptors (Lipinski definition) is 6. The molecule has 242 valence electrons. The lowest BCUT2D eigenvalue weighted by Gasteiger charge is -2.34. The third-order valence-electron chi connectivity index (χ3n) is 7.57. The Bertz CT molecular complexity index is 1730. The van der Waals surface area contributed by atoms with Crippen LogP contribution in [0, 0.1) is 6.92 Å². The normalized spacial score (nSPS) is 11.9. The molecule has 1 N–H and O–H groups in total. The van der Waals surface area contributed by atoms with Crippen LogP contribution in [0.1, 0.15) is 30.5 Å². The predicted molar refractivity (Wildman–Crippen MR) is 179 cm³/mol. The van der Waals surface area contributed by atoms with Crippen LogP contribution in [0.15, 0.2) is 108 Å². The van der Waals surface area contributed by atoms with E-state index in [-0.39, 0.29) is 35.5 Å². The molecule has 10 heteroatoms. The highest BCUT2D eigenvalue weighted by atomic mass is 32.2. The molecule has 0 bridgehead atoms. The van der Waals surface area contributed by atoms with Crippen LogP contribution in [-0.4, -0.2) is 58.0 Å². The third kappa shape index (κ3) is 8.25. The summed E-state index contributed by atoms with van der Waals surface area (Å²) >= 11 is 0. The minimum absolute atomic E-state index is 0.0152. The Morgan fingerprint density at radius 1 is 0.804 bits per heavy atom. The van der Waals surface area contributed by atoms with E-state index in [1.54, 1.807) is 30.3 Å². The van der Waals surface area contributed by atoms with Crippen molar-refractivity contribution in [2.75, 3.05) is 25.1 Å². The molecule has 4 aromatic carbocycles. The summed E-state index contributed by atoms with van der Waals surface area (Å²) < 4.78 is 40.3. The van der Waals surface area contributed by atoms with Gasteiger partial charge in [-0.15, -0.1) is 0 Å². The van der Waals surface area contributed by atoms with E-state index >= 15 is 0 Å². The van der Waals surface area contributed by atoms with Gasteiger partial charge in [-0.05, 0) is 61.7 Å². The van der Waals surface area contributed by atoms with E-state index in [0.29, 0.717) is 11.5 Å². The van der Waals surface area contributed by atoms with E-state index in [2.05, 4.69) is 5.32 Å². The topological polar surface area (TPSA) is 105 Å². The first-order chi connectivity index (χ1) is 22.0. The Morgan fingerprint density at radius 3 is 2.02 bits per heavy atom. The predicted octanol–water partition coefficient (Wildman–Crippen LogP) is 5.37. The minimum Gasteiger partial charge on any atom is -0.493 e. The summed E-state index contributed by atoms with van der Waals surface area (Å²) in [7, 11) is -1.31. The maximum atomic E-state index is 14.6. The Labute approximate surface area is 271 Å². The highest BCUT2D eigenvalue weighted by Gasteiger charge is 2.35. The Balaban J connectivity index is 1.84. The number of nitrogens with zero attached hydrogens (tertiary/aromatic N) is 2. The van der Waals surface area contributed by atoms with Gasteiger partial charge in [0.1, 0.15) is 12.6 Å². The van der Waals surface area contributed by atoms with Crippen LogP contribution in [0.5, 0.6) is 11.5 Å². The van der Waals surface area contributed by atoms with Crippen LogP contribution >= 0.6 is 0 Å².